The molecule has 0 amide bonds. The Kier molecular flexibility index (Phi) is 3.91. The quantitative estimate of drug-likeness (QED) is 0.771. The Morgan fingerprint density at radius 3 is 2.44 bits per heavy atom. The van der Waals surface area contributed by atoms with Crippen LogP contribution in [0.3, 0.4) is 0 Å². The van der Waals surface area contributed by atoms with Crippen molar-refractivity contribution < 1.29 is 5.11 Å². The van der Waals surface area contributed by atoms with Crippen LogP contribution in [0.15, 0.2) is 0 Å². The minimum atomic E-state index is -0.0975. The van der Waals surface area contributed by atoms with E-state index in [1.807, 2.05) is 0 Å². The number of rotatable bonds is 4. The van der Waals surface area contributed by atoms with Crippen LogP contribution in [-0.2, 0) is 0 Å². The van der Waals surface area contributed by atoms with Gasteiger partial charge in [0, 0.05) is 11.5 Å². The summed E-state index contributed by atoms with van der Waals surface area (Å²) in [7, 11) is 0. The van der Waals surface area contributed by atoms with Gasteiger partial charge in [0.2, 0.25) is 0 Å². The van der Waals surface area contributed by atoms with Crippen LogP contribution in [0.1, 0.15) is 58.8 Å². The van der Waals surface area contributed by atoms with Crippen molar-refractivity contribution in [1.82, 2.24) is 5.32 Å². The first-order valence-electron chi connectivity index (χ1n) is 7.02. The van der Waals surface area contributed by atoms with Crippen LogP contribution < -0.4 is 5.32 Å². The van der Waals surface area contributed by atoms with Crippen LogP contribution in [0, 0.1) is 11.3 Å². The Hall–Kier alpha value is -0.0800. The molecule has 0 aromatic rings. The number of aliphatic hydroxyl groups is 1. The molecule has 0 aliphatic heterocycles. The molecule has 0 radical (unpaired) electrons. The first-order chi connectivity index (χ1) is 7.60. The van der Waals surface area contributed by atoms with E-state index in [0.29, 0.717) is 6.04 Å². The fourth-order valence-corrected chi connectivity index (χ4v) is 3.19. The topological polar surface area (TPSA) is 32.3 Å². The van der Waals surface area contributed by atoms with E-state index in [1.54, 1.807) is 0 Å². The Bertz CT molecular complexity index is 221. The maximum atomic E-state index is 9.65. The molecule has 16 heavy (non-hydrogen) atoms. The lowest BCUT2D eigenvalue weighted by atomic mass is 9.64. The average molecular weight is 225 g/mol. The Morgan fingerprint density at radius 1 is 1.19 bits per heavy atom. The number of hydrogen-bond donors (Lipinski definition) is 2. The SMILES string of the molecule is CC1(C)C(O)CC1NCCC1CCCCC1. The van der Waals surface area contributed by atoms with E-state index < -0.39 is 0 Å². The van der Waals surface area contributed by atoms with Crippen molar-refractivity contribution >= 4 is 0 Å². The molecule has 2 aliphatic carbocycles. The second-order valence-electron chi connectivity index (χ2n) is 6.37. The Balaban J connectivity index is 1.61. The summed E-state index contributed by atoms with van der Waals surface area (Å²) < 4.78 is 0. The highest BCUT2D eigenvalue weighted by Crippen LogP contribution is 2.40. The summed E-state index contributed by atoms with van der Waals surface area (Å²) in [6.07, 6.45) is 9.40. The summed E-state index contributed by atoms with van der Waals surface area (Å²) in [5.41, 5.74) is 0.0898. The van der Waals surface area contributed by atoms with Gasteiger partial charge in [-0.1, -0.05) is 46.0 Å². The minimum absolute atomic E-state index is 0.0898. The normalized spacial score (nSPS) is 34.7. The lowest BCUT2D eigenvalue weighted by Crippen LogP contribution is -2.60. The molecule has 2 nitrogen and oxygen atoms in total. The molecular formula is C14H27NO. The van der Waals surface area contributed by atoms with Crippen LogP contribution >= 0.6 is 0 Å². The van der Waals surface area contributed by atoms with Crippen molar-refractivity contribution in [2.45, 2.75) is 70.9 Å². The van der Waals surface area contributed by atoms with Gasteiger partial charge in [-0.25, -0.2) is 0 Å². The van der Waals surface area contributed by atoms with E-state index in [9.17, 15) is 5.11 Å². The summed E-state index contributed by atoms with van der Waals surface area (Å²) in [4.78, 5) is 0. The van der Waals surface area contributed by atoms with Gasteiger partial charge in [-0.15, -0.1) is 0 Å². The van der Waals surface area contributed by atoms with Gasteiger partial charge >= 0.3 is 0 Å². The Morgan fingerprint density at radius 2 is 1.88 bits per heavy atom. The van der Waals surface area contributed by atoms with Crippen molar-refractivity contribution in [2.75, 3.05) is 6.54 Å². The van der Waals surface area contributed by atoms with Crippen molar-refractivity contribution in [1.29, 1.82) is 0 Å². The van der Waals surface area contributed by atoms with Crippen LogP contribution in [0.25, 0.3) is 0 Å². The molecule has 94 valence electrons. The third kappa shape index (κ3) is 2.60. The van der Waals surface area contributed by atoms with Gasteiger partial charge < -0.3 is 10.4 Å². The van der Waals surface area contributed by atoms with E-state index >= 15 is 0 Å². The summed E-state index contributed by atoms with van der Waals surface area (Å²) in [5, 5.41) is 13.3. The number of aliphatic hydroxyl groups excluding tert-OH is 1. The lowest BCUT2D eigenvalue weighted by Gasteiger charge is -2.49. The summed E-state index contributed by atoms with van der Waals surface area (Å²) in [6.45, 7) is 5.48. The van der Waals surface area contributed by atoms with Gasteiger partial charge in [-0.05, 0) is 25.3 Å². The first-order valence-corrected chi connectivity index (χ1v) is 7.02. The molecule has 2 fully saturated rings. The minimum Gasteiger partial charge on any atom is -0.392 e. The molecule has 2 rings (SSSR count). The number of hydrogen-bond acceptors (Lipinski definition) is 2. The first kappa shape index (κ1) is 12.4. The van der Waals surface area contributed by atoms with E-state index in [1.165, 1.54) is 38.5 Å². The molecule has 2 atom stereocenters. The predicted octanol–water partition coefficient (Wildman–Crippen LogP) is 2.71. The summed E-state index contributed by atoms with van der Waals surface area (Å²) in [6, 6.07) is 0.533. The van der Waals surface area contributed by atoms with Crippen LogP contribution in [-0.4, -0.2) is 23.8 Å². The van der Waals surface area contributed by atoms with E-state index in [-0.39, 0.29) is 11.5 Å². The fraction of sp³-hybridized carbons (Fsp3) is 1.00. The molecule has 2 saturated carbocycles. The van der Waals surface area contributed by atoms with Crippen molar-refractivity contribution in [3.8, 4) is 0 Å². The molecule has 0 aromatic heterocycles. The van der Waals surface area contributed by atoms with E-state index in [0.717, 1.165) is 18.9 Å². The third-order valence-electron chi connectivity index (χ3n) is 4.88. The molecule has 0 aromatic carbocycles. The van der Waals surface area contributed by atoms with Crippen molar-refractivity contribution in [3.05, 3.63) is 0 Å². The molecule has 2 N–H and O–H groups in total. The van der Waals surface area contributed by atoms with E-state index in [2.05, 4.69) is 19.2 Å². The van der Waals surface area contributed by atoms with Gasteiger partial charge in [0.05, 0.1) is 6.10 Å². The third-order valence-corrected chi connectivity index (χ3v) is 4.88. The zero-order chi connectivity index (χ0) is 11.6. The predicted molar refractivity (Wildman–Crippen MR) is 67.4 cm³/mol. The van der Waals surface area contributed by atoms with Gasteiger partial charge in [-0.3, -0.25) is 0 Å². The van der Waals surface area contributed by atoms with Crippen LogP contribution in [0.2, 0.25) is 0 Å². The average Bonchev–Trinajstić information content (AvgIpc) is 2.29. The van der Waals surface area contributed by atoms with Crippen LogP contribution in [0.4, 0.5) is 0 Å². The van der Waals surface area contributed by atoms with Crippen molar-refractivity contribution in [2.24, 2.45) is 11.3 Å². The maximum absolute atomic E-state index is 9.65. The molecule has 0 heterocycles. The highest BCUT2D eigenvalue weighted by atomic mass is 16.3. The Labute approximate surface area is 99.8 Å². The highest BCUT2D eigenvalue weighted by molar-refractivity contribution is 5.01. The molecule has 0 saturated heterocycles. The monoisotopic (exact) mass is 225 g/mol. The molecule has 0 spiro atoms. The number of nitrogens with one attached hydrogen (secondary N) is 1. The molecule has 2 aliphatic rings. The lowest BCUT2D eigenvalue weighted by molar-refractivity contribution is -0.0725. The smallest absolute Gasteiger partial charge is 0.0621 e. The second-order valence-corrected chi connectivity index (χ2v) is 6.37. The summed E-state index contributed by atoms with van der Waals surface area (Å²) >= 11 is 0. The largest absolute Gasteiger partial charge is 0.392 e. The van der Waals surface area contributed by atoms with Gasteiger partial charge in [0.15, 0.2) is 0 Å². The van der Waals surface area contributed by atoms with Gasteiger partial charge in [0.25, 0.3) is 0 Å². The molecular weight excluding hydrogens is 198 g/mol. The molecule has 2 unspecified atom stereocenters. The van der Waals surface area contributed by atoms with E-state index in [4.69, 9.17) is 0 Å². The molecule has 0 bridgehead atoms. The van der Waals surface area contributed by atoms with Gasteiger partial charge in [0.1, 0.15) is 0 Å². The highest BCUT2D eigenvalue weighted by Gasteiger charge is 2.46. The standard InChI is InChI=1S/C14H27NO/c1-14(2)12(10-13(14)16)15-9-8-11-6-4-3-5-7-11/h11-13,15-16H,3-10H2,1-2H3. The second kappa shape index (κ2) is 5.05. The van der Waals surface area contributed by atoms with Crippen LogP contribution in [0.5, 0.6) is 0 Å². The van der Waals surface area contributed by atoms with Gasteiger partial charge in [-0.2, -0.15) is 0 Å². The maximum Gasteiger partial charge on any atom is 0.0621 e. The molecule has 2 heteroatoms. The zero-order valence-corrected chi connectivity index (χ0v) is 10.8. The van der Waals surface area contributed by atoms with Crippen molar-refractivity contribution in [3.63, 3.8) is 0 Å². The summed E-state index contributed by atoms with van der Waals surface area (Å²) in [5.74, 6) is 0.967. The zero-order valence-electron chi connectivity index (χ0n) is 10.8. The fourth-order valence-electron chi connectivity index (χ4n) is 3.19.